The summed E-state index contributed by atoms with van der Waals surface area (Å²) in [5.74, 6) is 0.812. The van der Waals surface area contributed by atoms with Gasteiger partial charge in [0.2, 0.25) is 0 Å². The quantitative estimate of drug-likeness (QED) is 0.780. The minimum absolute atomic E-state index is 0.453. The Hall–Kier alpha value is -0.120. The smallest absolute Gasteiger partial charge is 0.0702 e. The maximum Gasteiger partial charge on any atom is 0.0702 e. The highest BCUT2D eigenvalue weighted by atomic mass is 16.5. The molecule has 1 saturated carbocycles. The van der Waals surface area contributed by atoms with Gasteiger partial charge in [-0.1, -0.05) is 20.8 Å². The monoisotopic (exact) mass is 296 g/mol. The molecule has 0 bridgehead atoms. The molecule has 21 heavy (non-hydrogen) atoms. The number of piperidine rings is 1. The summed E-state index contributed by atoms with van der Waals surface area (Å²) in [6.07, 6.45) is 6.99. The molecular weight excluding hydrogens is 260 g/mol. The summed E-state index contributed by atoms with van der Waals surface area (Å²) < 4.78 is 5.85. The van der Waals surface area contributed by atoms with Crippen LogP contribution < -0.4 is 5.32 Å². The number of nitrogens with one attached hydrogen (secondary N) is 1. The highest BCUT2D eigenvalue weighted by Gasteiger charge is 2.42. The first-order valence-electron chi connectivity index (χ1n) is 9.14. The molecule has 1 heterocycles. The van der Waals surface area contributed by atoms with Crippen LogP contribution in [0.15, 0.2) is 0 Å². The van der Waals surface area contributed by atoms with E-state index in [1.807, 2.05) is 0 Å². The molecule has 0 aromatic heterocycles. The lowest BCUT2D eigenvalue weighted by Crippen LogP contribution is -2.48. The third kappa shape index (κ3) is 4.67. The zero-order valence-corrected chi connectivity index (χ0v) is 14.7. The van der Waals surface area contributed by atoms with Crippen LogP contribution in [0.1, 0.15) is 59.8 Å². The minimum atomic E-state index is 0.453. The molecule has 0 spiro atoms. The van der Waals surface area contributed by atoms with E-state index < -0.39 is 0 Å². The molecule has 3 nitrogen and oxygen atoms in total. The Morgan fingerprint density at radius 1 is 1.24 bits per heavy atom. The molecule has 2 rings (SSSR count). The Morgan fingerprint density at radius 3 is 2.76 bits per heavy atom. The van der Waals surface area contributed by atoms with Crippen molar-refractivity contribution in [2.75, 3.05) is 32.8 Å². The van der Waals surface area contributed by atoms with Gasteiger partial charge in [0.1, 0.15) is 0 Å². The van der Waals surface area contributed by atoms with Gasteiger partial charge in [-0.3, -0.25) is 0 Å². The van der Waals surface area contributed by atoms with Gasteiger partial charge in [-0.15, -0.1) is 0 Å². The predicted molar refractivity (Wildman–Crippen MR) is 89.7 cm³/mol. The molecular formula is C18H36N2O. The van der Waals surface area contributed by atoms with E-state index in [-0.39, 0.29) is 0 Å². The van der Waals surface area contributed by atoms with Crippen LogP contribution in [0, 0.1) is 11.3 Å². The molecule has 2 aliphatic rings. The first kappa shape index (κ1) is 17.2. The van der Waals surface area contributed by atoms with E-state index in [0.717, 1.165) is 25.6 Å². The standard InChI is InChI=1S/C18H36N2O/c1-5-11-19-17-15(9-10-18(17,3)4)13-20-12-7-8-16(14-20)21-6-2/h15-17,19H,5-14H2,1-4H3. The molecule has 3 unspecified atom stereocenters. The molecule has 1 aliphatic heterocycles. The van der Waals surface area contributed by atoms with Crippen LogP contribution in [-0.4, -0.2) is 49.8 Å². The molecule has 0 radical (unpaired) electrons. The molecule has 0 aromatic rings. The molecule has 1 saturated heterocycles. The summed E-state index contributed by atoms with van der Waals surface area (Å²) >= 11 is 0. The zero-order valence-electron chi connectivity index (χ0n) is 14.7. The molecule has 3 heteroatoms. The predicted octanol–water partition coefficient (Wildman–Crippen LogP) is 3.29. The highest BCUT2D eigenvalue weighted by molar-refractivity contribution is 4.97. The topological polar surface area (TPSA) is 24.5 Å². The second kappa shape index (κ2) is 7.94. The Morgan fingerprint density at radius 2 is 2.05 bits per heavy atom. The van der Waals surface area contributed by atoms with Gasteiger partial charge < -0.3 is 15.0 Å². The summed E-state index contributed by atoms with van der Waals surface area (Å²) in [7, 11) is 0. The van der Waals surface area contributed by atoms with Crippen LogP contribution in [-0.2, 0) is 4.74 Å². The fourth-order valence-corrected chi connectivity index (χ4v) is 4.34. The second-order valence-electron chi connectivity index (χ2n) is 7.70. The number of hydrogen-bond donors (Lipinski definition) is 1. The van der Waals surface area contributed by atoms with Crippen LogP contribution >= 0.6 is 0 Å². The summed E-state index contributed by atoms with van der Waals surface area (Å²) in [6, 6.07) is 0.685. The Balaban J connectivity index is 1.88. The summed E-state index contributed by atoms with van der Waals surface area (Å²) in [5.41, 5.74) is 0.453. The van der Waals surface area contributed by atoms with Crippen molar-refractivity contribution in [2.45, 2.75) is 71.9 Å². The van der Waals surface area contributed by atoms with Crippen molar-refractivity contribution >= 4 is 0 Å². The van der Waals surface area contributed by atoms with Crippen molar-refractivity contribution in [1.29, 1.82) is 0 Å². The lowest BCUT2D eigenvalue weighted by Gasteiger charge is -2.37. The van der Waals surface area contributed by atoms with Crippen molar-refractivity contribution in [3.8, 4) is 0 Å². The second-order valence-corrected chi connectivity index (χ2v) is 7.70. The zero-order chi connectivity index (χ0) is 15.3. The van der Waals surface area contributed by atoms with Crippen molar-refractivity contribution in [2.24, 2.45) is 11.3 Å². The number of nitrogens with zero attached hydrogens (tertiary/aromatic N) is 1. The summed E-state index contributed by atoms with van der Waals surface area (Å²) in [4.78, 5) is 2.66. The third-order valence-corrected chi connectivity index (χ3v) is 5.44. The Bertz CT molecular complexity index is 304. The van der Waals surface area contributed by atoms with Crippen molar-refractivity contribution in [1.82, 2.24) is 10.2 Å². The molecule has 1 N–H and O–H groups in total. The number of rotatable bonds is 7. The first-order chi connectivity index (χ1) is 10.1. The first-order valence-corrected chi connectivity index (χ1v) is 9.14. The van der Waals surface area contributed by atoms with E-state index in [9.17, 15) is 0 Å². The van der Waals surface area contributed by atoms with Gasteiger partial charge in [0, 0.05) is 25.7 Å². The lowest BCUT2D eigenvalue weighted by molar-refractivity contribution is 0.000269. The van der Waals surface area contributed by atoms with E-state index in [1.54, 1.807) is 0 Å². The van der Waals surface area contributed by atoms with Crippen LogP contribution in [0.25, 0.3) is 0 Å². The lowest BCUT2D eigenvalue weighted by atomic mass is 9.84. The van der Waals surface area contributed by atoms with E-state index in [2.05, 4.69) is 37.9 Å². The number of hydrogen-bond acceptors (Lipinski definition) is 3. The van der Waals surface area contributed by atoms with E-state index in [4.69, 9.17) is 4.74 Å². The maximum absolute atomic E-state index is 5.85. The van der Waals surface area contributed by atoms with Crippen LogP contribution in [0.5, 0.6) is 0 Å². The minimum Gasteiger partial charge on any atom is -0.377 e. The van der Waals surface area contributed by atoms with Crippen molar-refractivity contribution < 1.29 is 4.74 Å². The Kier molecular flexibility index (Phi) is 6.51. The maximum atomic E-state index is 5.85. The van der Waals surface area contributed by atoms with Gasteiger partial charge >= 0.3 is 0 Å². The molecule has 3 atom stereocenters. The SMILES string of the molecule is CCCNC1C(CN2CCCC(OCC)C2)CCC1(C)C. The fraction of sp³-hybridized carbons (Fsp3) is 1.00. The van der Waals surface area contributed by atoms with Crippen LogP contribution in [0.4, 0.5) is 0 Å². The Labute approximate surface area is 131 Å². The van der Waals surface area contributed by atoms with Gasteiger partial charge in [0.05, 0.1) is 6.10 Å². The van der Waals surface area contributed by atoms with Gasteiger partial charge in [-0.05, 0) is 63.5 Å². The highest BCUT2D eigenvalue weighted by Crippen LogP contribution is 2.41. The van der Waals surface area contributed by atoms with Gasteiger partial charge in [0.25, 0.3) is 0 Å². The van der Waals surface area contributed by atoms with E-state index >= 15 is 0 Å². The molecule has 0 aromatic carbocycles. The van der Waals surface area contributed by atoms with Crippen LogP contribution in [0.2, 0.25) is 0 Å². The van der Waals surface area contributed by atoms with Crippen LogP contribution in [0.3, 0.4) is 0 Å². The molecule has 0 amide bonds. The average Bonchev–Trinajstić information content (AvgIpc) is 2.72. The molecule has 2 fully saturated rings. The van der Waals surface area contributed by atoms with Gasteiger partial charge in [-0.2, -0.15) is 0 Å². The van der Waals surface area contributed by atoms with Gasteiger partial charge in [0.15, 0.2) is 0 Å². The largest absolute Gasteiger partial charge is 0.377 e. The third-order valence-electron chi connectivity index (χ3n) is 5.44. The van der Waals surface area contributed by atoms with Crippen molar-refractivity contribution in [3.05, 3.63) is 0 Å². The molecule has 1 aliphatic carbocycles. The fourth-order valence-electron chi connectivity index (χ4n) is 4.34. The average molecular weight is 296 g/mol. The number of likely N-dealkylation sites (tertiary alicyclic amines) is 1. The summed E-state index contributed by atoms with van der Waals surface area (Å²) in [5, 5.41) is 3.84. The molecule has 124 valence electrons. The normalized spacial score (nSPS) is 33.4. The van der Waals surface area contributed by atoms with E-state index in [0.29, 0.717) is 17.6 Å². The summed E-state index contributed by atoms with van der Waals surface area (Å²) in [6.45, 7) is 15.0. The number of ether oxygens (including phenoxy) is 1. The van der Waals surface area contributed by atoms with Gasteiger partial charge in [-0.25, -0.2) is 0 Å². The van der Waals surface area contributed by atoms with E-state index in [1.165, 1.54) is 45.2 Å². The van der Waals surface area contributed by atoms with Crippen molar-refractivity contribution in [3.63, 3.8) is 0 Å².